The molecule has 0 radical (unpaired) electrons. The Balaban J connectivity index is 1.30. The molecule has 0 aromatic carbocycles. The number of hydrogen-bond acceptors (Lipinski definition) is 14. The molecule has 5 rings (SSSR count). The van der Waals surface area contributed by atoms with Gasteiger partial charge in [0.15, 0.2) is 9.47 Å². The van der Waals surface area contributed by atoms with Gasteiger partial charge in [-0.3, -0.25) is 14.5 Å². The van der Waals surface area contributed by atoms with Gasteiger partial charge in [0.1, 0.15) is 28.2 Å². The minimum atomic E-state index is -1.20. The first-order chi connectivity index (χ1) is 17.8. The number of nitrogens with zero attached hydrogens (tertiary/aromatic N) is 6. The zero-order valence-corrected chi connectivity index (χ0v) is 22.5. The number of allylic oxidation sites excluding steroid dienone is 1. The lowest BCUT2D eigenvalue weighted by atomic mass is 10.0. The Morgan fingerprint density at radius 2 is 2.24 bits per heavy atom. The second-order valence-electron chi connectivity index (χ2n) is 8.04. The lowest BCUT2D eigenvalue weighted by Crippen LogP contribution is -2.71. The average Bonchev–Trinajstić information content (AvgIpc) is 3.64. The van der Waals surface area contributed by atoms with Gasteiger partial charge in [0.25, 0.3) is 11.8 Å². The first-order valence-corrected chi connectivity index (χ1v) is 14.6. The summed E-state index contributed by atoms with van der Waals surface area (Å²) < 4.78 is 4.77. The van der Waals surface area contributed by atoms with Crippen LogP contribution in [0.5, 0.6) is 0 Å². The van der Waals surface area contributed by atoms with E-state index < -0.39 is 29.2 Å². The second-order valence-corrected chi connectivity index (χ2v) is 12.3. The van der Waals surface area contributed by atoms with E-state index in [9.17, 15) is 19.5 Å². The summed E-state index contributed by atoms with van der Waals surface area (Å²) in [7, 11) is 0. The summed E-state index contributed by atoms with van der Waals surface area (Å²) in [6, 6.07) is -0.945. The van der Waals surface area contributed by atoms with Gasteiger partial charge in [0.05, 0.1) is 0 Å². The highest BCUT2D eigenvalue weighted by atomic mass is 32.2. The molecule has 2 unspecified atom stereocenters. The number of carbonyl (C=O) groups excluding carboxylic acids is 2. The maximum absolute atomic E-state index is 13.1. The van der Waals surface area contributed by atoms with Gasteiger partial charge in [-0.15, -0.1) is 22.0 Å². The summed E-state index contributed by atoms with van der Waals surface area (Å²) in [4.78, 5) is 49.0. The van der Waals surface area contributed by atoms with E-state index in [1.54, 1.807) is 0 Å². The number of amides is 2. The number of carboxylic acids is 1. The van der Waals surface area contributed by atoms with Crippen LogP contribution in [0.15, 0.2) is 32.9 Å². The molecule has 0 spiro atoms. The lowest BCUT2D eigenvalue weighted by Gasteiger charge is -2.49. The Morgan fingerprint density at radius 3 is 2.89 bits per heavy atom. The maximum Gasteiger partial charge on any atom is 0.352 e. The number of carbonyl (C=O) groups is 3. The molecule has 4 N–H and O–H groups in total. The number of aromatic nitrogens is 4. The Hall–Kier alpha value is -3.02. The van der Waals surface area contributed by atoms with Gasteiger partial charge in [0.2, 0.25) is 11.5 Å². The Kier molecular flexibility index (Phi) is 7.45. The Morgan fingerprint density at radius 1 is 1.41 bits per heavy atom. The first kappa shape index (κ1) is 25.6. The van der Waals surface area contributed by atoms with Gasteiger partial charge in [-0.25, -0.2) is 4.79 Å². The number of thioether (sulfide) groups is 2. The van der Waals surface area contributed by atoms with E-state index in [4.69, 9.17) is 10.6 Å². The van der Waals surface area contributed by atoms with E-state index in [1.165, 1.54) is 39.8 Å². The number of carboxylic acid groups (broad SMARTS) is 1. The minimum absolute atomic E-state index is 0.0146. The van der Waals surface area contributed by atoms with E-state index in [0.29, 0.717) is 17.1 Å². The van der Waals surface area contributed by atoms with E-state index in [0.717, 1.165) is 33.7 Å². The average molecular weight is 581 g/mol. The molecule has 3 atom stereocenters. The lowest BCUT2D eigenvalue weighted by molar-refractivity contribution is -0.150. The molecule has 17 heteroatoms. The second kappa shape index (κ2) is 10.8. The van der Waals surface area contributed by atoms with Gasteiger partial charge >= 0.3 is 5.97 Å². The first-order valence-electron chi connectivity index (χ1n) is 11.0. The highest BCUT2D eigenvalue weighted by molar-refractivity contribution is 8.01. The molecule has 2 aromatic rings. The minimum Gasteiger partial charge on any atom is -0.477 e. The Labute approximate surface area is 226 Å². The highest BCUT2D eigenvalue weighted by Gasteiger charge is 2.54. The van der Waals surface area contributed by atoms with Crippen molar-refractivity contribution in [3.05, 3.63) is 34.3 Å². The summed E-state index contributed by atoms with van der Waals surface area (Å²) >= 11 is 5.07. The van der Waals surface area contributed by atoms with E-state index in [2.05, 4.69) is 30.0 Å². The predicted molar refractivity (Wildman–Crippen MR) is 139 cm³/mol. The molecule has 194 valence electrons. The van der Waals surface area contributed by atoms with Gasteiger partial charge < -0.3 is 21.0 Å². The Bertz CT molecular complexity index is 1340. The summed E-state index contributed by atoms with van der Waals surface area (Å²) in [5.74, 6) is -1.71. The van der Waals surface area contributed by atoms with Crippen LogP contribution in [0.25, 0.3) is 0 Å². The molecule has 2 aromatic heterocycles. The molecule has 1 saturated heterocycles. The quantitative estimate of drug-likeness (QED) is 0.127. The summed E-state index contributed by atoms with van der Waals surface area (Å²) in [5, 5.41) is 24.9. The van der Waals surface area contributed by atoms with Crippen molar-refractivity contribution in [2.24, 2.45) is 5.16 Å². The smallest absolute Gasteiger partial charge is 0.352 e. The molecule has 4 heterocycles. The molecule has 1 aliphatic carbocycles. The standard InChI is InChI=1S/C20H20N8O5S4/c1-8-24-25-20(36-8)35-7-9-6-34-17-12(16(30)28(17)13(9)18(31)32)22-15(29)11(14-23-19(21)37-27-14)26-33-10-4-2-3-5-10/h2,4,10,12,17H,3,5-7H2,1H3,(H,22,29)(H,31,32)(H2,21,23,27)/b26-11-/t10?,12?,17-/m1/s1. The number of nitrogens with two attached hydrogens (primary N) is 1. The van der Waals surface area contributed by atoms with E-state index in [1.807, 2.05) is 19.1 Å². The third-order valence-corrected chi connectivity index (χ3v) is 9.47. The molecular formula is C20H20N8O5S4. The van der Waals surface area contributed by atoms with Crippen molar-refractivity contribution in [2.45, 2.75) is 41.6 Å². The van der Waals surface area contributed by atoms with Crippen LogP contribution < -0.4 is 11.1 Å². The van der Waals surface area contributed by atoms with Crippen LogP contribution in [0.3, 0.4) is 0 Å². The number of aryl methyl sites for hydroxylation is 1. The van der Waals surface area contributed by atoms with Crippen LogP contribution in [0.4, 0.5) is 5.13 Å². The van der Waals surface area contributed by atoms with Gasteiger partial charge in [-0.05, 0) is 31.4 Å². The maximum atomic E-state index is 13.1. The van der Waals surface area contributed by atoms with Crippen LogP contribution in [0.1, 0.15) is 23.7 Å². The number of fused-ring (bicyclic) bond motifs is 1. The molecule has 2 aliphatic heterocycles. The van der Waals surface area contributed by atoms with Crippen LogP contribution in [-0.4, -0.2) is 82.1 Å². The van der Waals surface area contributed by atoms with Gasteiger partial charge in [0, 0.05) is 23.0 Å². The van der Waals surface area contributed by atoms with Crippen LogP contribution in [0, 0.1) is 6.92 Å². The van der Waals surface area contributed by atoms with Crippen molar-refractivity contribution in [2.75, 3.05) is 17.2 Å². The van der Waals surface area contributed by atoms with Crippen LogP contribution in [-0.2, 0) is 19.2 Å². The SMILES string of the molecule is Cc1nnc(SCC2=C(C(=O)O)N3C(=O)C(NC(=O)/C(=N\OC4C=CCC4)c4nsc(N)n4)[C@H]3SC2)s1. The number of oxime groups is 1. The third kappa shape index (κ3) is 5.34. The summed E-state index contributed by atoms with van der Waals surface area (Å²) in [5.41, 5.74) is 6.01. The van der Waals surface area contributed by atoms with E-state index >= 15 is 0 Å². The molecule has 0 bridgehead atoms. The van der Waals surface area contributed by atoms with Gasteiger partial charge in [-0.2, -0.15) is 9.36 Å². The number of aliphatic carboxylic acids is 1. The third-order valence-electron chi connectivity index (χ3n) is 5.53. The summed E-state index contributed by atoms with van der Waals surface area (Å²) in [6.07, 6.45) is 5.09. The van der Waals surface area contributed by atoms with Gasteiger partial charge in [-0.1, -0.05) is 34.3 Å². The summed E-state index contributed by atoms with van der Waals surface area (Å²) in [6.45, 7) is 1.84. The fourth-order valence-electron chi connectivity index (χ4n) is 3.82. The van der Waals surface area contributed by atoms with Crippen molar-refractivity contribution in [1.29, 1.82) is 0 Å². The van der Waals surface area contributed by atoms with Crippen molar-refractivity contribution in [3.63, 3.8) is 0 Å². The fraction of sp³-hybridized carbons (Fsp3) is 0.400. The van der Waals surface area contributed by atoms with Crippen molar-refractivity contribution in [1.82, 2.24) is 29.8 Å². The molecular weight excluding hydrogens is 561 g/mol. The zero-order valence-electron chi connectivity index (χ0n) is 19.2. The molecule has 2 amide bonds. The van der Waals surface area contributed by atoms with Crippen molar-refractivity contribution >= 4 is 75.0 Å². The topological polar surface area (TPSA) is 186 Å². The number of rotatable bonds is 9. The number of β-lactam (4-membered cyclic amide) rings is 1. The normalized spacial score (nSPS) is 23.2. The van der Waals surface area contributed by atoms with E-state index in [-0.39, 0.29) is 28.5 Å². The monoisotopic (exact) mass is 580 g/mol. The van der Waals surface area contributed by atoms with Crippen molar-refractivity contribution in [3.8, 4) is 0 Å². The molecule has 13 nitrogen and oxygen atoms in total. The number of anilines is 1. The molecule has 3 aliphatic rings. The predicted octanol–water partition coefficient (Wildman–Crippen LogP) is 1.25. The largest absolute Gasteiger partial charge is 0.477 e. The van der Waals surface area contributed by atoms with Crippen LogP contribution >= 0.6 is 46.4 Å². The molecule has 37 heavy (non-hydrogen) atoms. The molecule has 1 fully saturated rings. The van der Waals surface area contributed by atoms with Crippen molar-refractivity contribution < 1.29 is 24.3 Å². The van der Waals surface area contributed by atoms with Crippen LogP contribution in [0.2, 0.25) is 0 Å². The number of nitrogens with one attached hydrogen (secondary N) is 1. The zero-order chi connectivity index (χ0) is 26.1. The fourth-order valence-corrected chi connectivity index (χ4v) is 7.55. The highest BCUT2D eigenvalue weighted by Crippen LogP contribution is 2.41. The number of hydrogen-bond donors (Lipinski definition) is 3. The number of nitrogen functional groups attached to an aromatic ring is 1. The molecule has 0 saturated carbocycles.